The smallest absolute Gasteiger partial charge is 0.387 e. The van der Waals surface area contributed by atoms with Gasteiger partial charge in [-0.05, 0) is 54.1 Å². The summed E-state index contributed by atoms with van der Waals surface area (Å²) in [5, 5.41) is 6.17. The molecule has 0 unspecified atom stereocenters. The van der Waals surface area contributed by atoms with E-state index in [1.54, 1.807) is 0 Å². The second kappa shape index (κ2) is 9.11. The van der Waals surface area contributed by atoms with Gasteiger partial charge in [0.25, 0.3) is 5.91 Å². The number of carbonyl (C=O) groups is 2. The minimum Gasteiger partial charge on any atom is -0.435 e. The summed E-state index contributed by atoms with van der Waals surface area (Å²) in [4.78, 5) is 27.5. The number of ether oxygens (including phenoxy) is 1. The first-order valence-electron chi connectivity index (χ1n) is 7.34. The zero-order valence-electron chi connectivity index (χ0n) is 13.4. The van der Waals surface area contributed by atoms with Crippen LogP contribution in [0.25, 0.3) is 0 Å². The number of amides is 2. The first-order chi connectivity index (χ1) is 12.4. The number of hydrogen-bond donors (Lipinski definition) is 2. The van der Waals surface area contributed by atoms with Crippen molar-refractivity contribution >= 4 is 23.7 Å². The van der Waals surface area contributed by atoms with E-state index in [0.717, 1.165) is 0 Å². The molecule has 26 heavy (non-hydrogen) atoms. The number of halogens is 2. The molecule has 3 N–H and O–H groups in total. The van der Waals surface area contributed by atoms with E-state index in [0.29, 0.717) is 16.8 Å². The SMILES string of the molecule is NC(=O)c1ccc(NC(=O)CO/N=C/c2ccc(OC(F)F)cc2)cc1. The van der Waals surface area contributed by atoms with Crippen molar-refractivity contribution < 1.29 is 27.9 Å². The molecule has 2 rings (SSSR count). The van der Waals surface area contributed by atoms with Crippen LogP contribution in [0.3, 0.4) is 0 Å². The lowest BCUT2D eigenvalue weighted by molar-refractivity contribution is -0.120. The maximum Gasteiger partial charge on any atom is 0.387 e. The number of anilines is 1. The van der Waals surface area contributed by atoms with Crippen LogP contribution >= 0.6 is 0 Å². The molecule has 0 fully saturated rings. The van der Waals surface area contributed by atoms with Crippen molar-refractivity contribution in [1.29, 1.82) is 0 Å². The van der Waals surface area contributed by atoms with Crippen molar-refractivity contribution in [1.82, 2.24) is 0 Å². The first kappa shape index (κ1) is 18.8. The number of oxime groups is 1. The van der Waals surface area contributed by atoms with E-state index in [4.69, 9.17) is 10.6 Å². The second-order valence-electron chi connectivity index (χ2n) is 4.95. The standard InChI is InChI=1S/C17H15F2N3O4/c18-17(19)26-14-7-1-11(2-8-14)9-21-25-10-15(23)22-13-5-3-12(4-6-13)16(20)24/h1-9,17H,10H2,(H2,20,24)(H,22,23)/b21-9+. The summed E-state index contributed by atoms with van der Waals surface area (Å²) in [6.45, 7) is -3.22. The van der Waals surface area contributed by atoms with E-state index in [2.05, 4.69) is 15.2 Å². The van der Waals surface area contributed by atoms with E-state index < -0.39 is 18.4 Å². The lowest BCUT2D eigenvalue weighted by Crippen LogP contribution is -2.17. The summed E-state index contributed by atoms with van der Waals surface area (Å²) in [5.74, 6) is -0.983. The normalized spacial score (nSPS) is 10.7. The minimum atomic E-state index is -2.89. The molecule has 2 aromatic carbocycles. The molecule has 0 atom stereocenters. The molecule has 0 aliphatic heterocycles. The van der Waals surface area contributed by atoms with Gasteiger partial charge in [0.1, 0.15) is 5.75 Å². The highest BCUT2D eigenvalue weighted by molar-refractivity contribution is 5.95. The Morgan fingerprint density at radius 2 is 1.77 bits per heavy atom. The number of nitrogens with zero attached hydrogens (tertiary/aromatic N) is 1. The van der Waals surface area contributed by atoms with Gasteiger partial charge in [0, 0.05) is 11.3 Å². The largest absolute Gasteiger partial charge is 0.435 e. The molecule has 2 aromatic rings. The molecule has 0 aliphatic rings. The van der Waals surface area contributed by atoms with Crippen LogP contribution in [0.15, 0.2) is 53.7 Å². The molecule has 0 spiro atoms. The number of primary amides is 1. The minimum absolute atomic E-state index is 0.0276. The first-order valence-corrected chi connectivity index (χ1v) is 7.34. The molecular weight excluding hydrogens is 348 g/mol. The van der Waals surface area contributed by atoms with Gasteiger partial charge in [0.15, 0.2) is 6.61 Å². The Bertz CT molecular complexity index is 778. The van der Waals surface area contributed by atoms with Gasteiger partial charge in [-0.15, -0.1) is 0 Å². The molecule has 0 saturated heterocycles. The summed E-state index contributed by atoms with van der Waals surface area (Å²) >= 11 is 0. The predicted molar refractivity (Wildman–Crippen MR) is 90.2 cm³/mol. The Kier molecular flexibility index (Phi) is 6.60. The van der Waals surface area contributed by atoms with Gasteiger partial charge in [-0.1, -0.05) is 5.16 Å². The molecule has 0 saturated carbocycles. The van der Waals surface area contributed by atoms with Crippen LogP contribution in [0, 0.1) is 0 Å². The van der Waals surface area contributed by atoms with Crippen molar-refractivity contribution in [3.8, 4) is 5.75 Å². The molecule has 0 aliphatic carbocycles. The fraction of sp³-hybridized carbons (Fsp3) is 0.118. The van der Waals surface area contributed by atoms with Crippen LogP contribution < -0.4 is 15.8 Å². The number of rotatable bonds is 8. The van der Waals surface area contributed by atoms with Crippen LogP contribution in [0.5, 0.6) is 5.75 Å². The van der Waals surface area contributed by atoms with Crippen LogP contribution in [0.4, 0.5) is 14.5 Å². The highest BCUT2D eigenvalue weighted by Crippen LogP contribution is 2.14. The van der Waals surface area contributed by atoms with Crippen molar-refractivity contribution in [2.45, 2.75) is 6.61 Å². The average Bonchev–Trinajstić information content (AvgIpc) is 2.60. The fourth-order valence-corrected chi connectivity index (χ4v) is 1.84. The summed E-state index contributed by atoms with van der Waals surface area (Å²) in [7, 11) is 0. The quantitative estimate of drug-likeness (QED) is 0.555. The molecule has 0 radical (unpaired) electrons. The average molecular weight is 363 g/mol. The number of benzene rings is 2. The molecular formula is C17H15F2N3O4. The van der Waals surface area contributed by atoms with Crippen LogP contribution in [-0.2, 0) is 9.63 Å². The van der Waals surface area contributed by atoms with Gasteiger partial charge in [-0.25, -0.2) is 0 Å². The Hall–Kier alpha value is -3.49. The second-order valence-corrected chi connectivity index (χ2v) is 4.95. The maximum absolute atomic E-state index is 12.0. The highest BCUT2D eigenvalue weighted by atomic mass is 19.3. The zero-order chi connectivity index (χ0) is 18.9. The molecule has 0 heterocycles. The number of carbonyl (C=O) groups excluding carboxylic acids is 2. The lowest BCUT2D eigenvalue weighted by atomic mass is 10.2. The van der Waals surface area contributed by atoms with Crippen LogP contribution in [-0.4, -0.2) is 31.2 Å². The Labute approximate surface area is 147 Å². The summed E-state index contributed by atoms with van der Waals surface area (Å²) in [5.41, 5.74) is 6.50. The third kappa shape index (κ3) is 6.19. The number of alkyl halides is 2. The molecule has 136 valence electrons. The Morgan fingerprint density at radius 3 is 2.35 bits per heavy atom. The molecule has 0 aromatic heterocycles. The Morgan fingerprint density at radius 1 is 1.12 bits per heavy atom. The van der Waals surface area contributed by atoms with Crippen molar-refractivity contribution in [3.63, 3.8) is 0 Å². The third-order valence-corrected chi connectivity index (χ3v) is 3.03. The number of nitrogens with one attached hydrogen (secondary N) is 1. The zero-order valence-corrected chi connectivity index (χ0v) is 13.4. The third-order valence-electron chi connectivity index (χ3n) is 3.03. The van der Waals surface area contributed by atoms with Gasteiger partial charge in [-0.2, -0.15) is 8.78 Å². The maximum atomic E-state index is 12.0. The monoisotopic (exact) mass is 363 g/mol. The predicted octanol–water partition coefficient (Wildman–Crippen LogP) is 2.38. The van der Waals surface area contributed by atoms with Crippen LogP contribution in [0.2, 0.25) is 0 Å². The Balaban J connectivity index is 1.76. The highest BCUT2D eigenvalue weighted by Gasteiger charge is 2.05. The van der Waals surface area contributed by atoms with Crippen LogP contribution in [0.1, 0.15) is 15.9 Å². The van der Waals surface area contributed by atoms with Crippen molar-refractivity contribution in [2.24, 2.45) is 10.9 Å². The number of hydrogen-bond acceptors (Lipinski definition) is 5. The van der Waals surface area contributed by atoms with E-state index in [-0.39, 0.29) is 12.4 Å². The van der Waals surface area contributed by atoms with Crippen molar-refractivity contribution in [2.75, 3.05) is 11.9 Å². The van der Waals surface area contributed by atoms with E-state index in [9.17, 15) is 18.4 Å². The summed E-state index contributed by atoms with van der Waals surface area (Å²) in [6.07, 6.45) is 1.32. The molecule has 2 amide bonds. The molecule has 9 heteroatoms. The van der Waals surface area contributed by atoms with Gasteiger partial charge in [0.2, 0.25) is 5.91 Å². The summed E-state index contributed by atoms with van der Waals surface area (Å²) in [6, 6.07) is 11.8. The molecule has 7 nitrogen and oxygen atoms in total. The summed E-state index contributed by atoms with van der Waals surface area (Å²) < 4.78 is 28.3. The molecule has 0 bridgehead atoms. The van der Waals surface area contributed by atoms with Gasteiger partial charge in [0.05, 0.1) is 6.21 Å². The van der Waals surface area contributed by atoms with E-state index in [1.807, 2.05) is 0 Å². The van der Waals surface area contributed by atoms with Gasteiger partial charge < -0.3 is 20.6 Å². The van der Waals surface area contributed by atoms with E-state index in [1.165, 1.54) is 54.7 Å². The topological polar surface area (TPSA) is 103 Å². The van der Waals surface area contributed by atoms with E-state index >= 15 is 0 Å². The number of nitrogens with two attached hydrogens (primary N) is 1. The lowest BCUT2D eigenvalue weighted by Gasteiger charge is -2.05. The van der Waals surface area contributed by atoms with Crippen molar-refractivity contribution in [3.05, 3.63) is 59.7 Å². The van der Waals surface area contributed by atoms with Gasteiger partial charge >= 0.3 is 6.61 Å². The fourth-order valence-electron chi connectivity index (χ4n) is 1.84. The van der Waals surface area contributed by atoms with Gasteiger partial charge in [-0.3, -0.25) is 9.59 Å².